The Morgan fingerprint density at radius 1 is 1.58 bits per heavy atom. The number of nitrogens with zero attached hydrogens (tertiary/aromatic N) is 2. The van der Waals surface area contributed by atoms with Gasteiger partial charge in [0, 0.05) is 23.9 Å². The molecule has 1 aliphatic rings. The quantitative estimate of drug-likeness (QED) is 0.668. The van der Waals surface area contributed by atoms with Crippen LogP contribution in [-0.4, -0.2) is 22.5 Å². The molecule has 1 atom stereocenters. The summed E-state index contributed by atoms with van der Waals surface area (Å²) in [6.45, 7) is 4.40. The number of aliphatic imine (C=N–C) groups is 1. The SMILES string of the molecule is CC(C)C1Cc2[nH]ncc2C=N1. The molecule has 1 aromatic heterocycles. The maximum Gasteiger partial charge on any atom is 0.0578 e. The van der Waals surface area contributed by atoms with Crippen LogP contribution >= 0.6 is 0 Å². The van der Waals surface area contributed by atoms with E-state index in [1.54, 1.807) is 0 Å². The first-order chi connectivity index (χ1) is 5.77. The van der Waals surface area contributed by atoms with E-state index in [1.165, 1.54) is 5.69 Å². The van der Waals surface area contributed by atoms with Crippen LogP contribution in [0.4, 0.5) is 0 Å². The fourth-order valence-corrected chi connectivity index (χ4v) is 1.44. The molecule has 1 unspecified atom stereocenters. The molecule has 0 bridgehead atoms. The minimum absolute atomic E-state index is 0.429. The first-order valence-electron chi connectivity index (χ1n) is 4.33. The Bertz CT molecular complexity index is 298. The molecule has 64 valence electrons. The van der Waals surface area contributed by atoms with Crippen LogP contribution in [0, 0.1) is 5.92 Å². The zero-order valence-electron chi connectivity index (χ0n) is 7.41. The third-order valence-electron chi connectivity index (χ3n) is 2.34. The monoisotopic (exact) mass is 163 g/mol. The summed E-state index contributed by atoms with van der Waals surface area (Å²) >= 11 is 0. The minimum atomic E-state index is 0.429. The Labute approximate surface area is 71.9 Å². The number of nitrogens with one attached hydrogen (secondary N) is 1. The van der Waals surface area contributed by atoms with Crippen LogP contribution in [0.3, 0.4) is 0 Å². The third-order valence-corrected chi connectivity index (χ3v) is 2.34. The molecule has 1 N–H and O–H groups in total. The summed E-state index contributed by atoms with van der Waals surface area (Å²) in [6.07, 6.45) is 4.76. The van der Waals surface area contributed by atoms with Crippen LogP contribution in [0.2, 0.25) is 0 Å². The lowest BCUT2D eigenvalue weighted by atomic mass is 9.96. The maximum absolute atomic E-state index is 4.46. The van der Waals surface area contributed by atoms with E-state index in [4.69, 9.17) is 0 Å². The van der Waals surface area contributed by atoms with Gasteiger partial charge in [-0.15, -0.1) is 0 Å². The van der Waals surface area contributed by atoms with Crippen LogP contribution in [0.5, 0.6) is 0 Å². The second kappa shape index (κ2) is 2.73. The summed E-state index contributed by atoms with van der Waals surface area (Å²) < 4.78 is 0. The lowest BCUT2D eigenvalue weighted by molar-refractivity contribution is 0.486. The highest BCUT2D eigenvalue weighted by Gasteiger charge is 2.18. The smallest absolute Gasteiger partial charge is 0.0578 e. The predicted octanol–water partition coefficient (Wildman–Crippen LogP) is 1.41. The molecule has 2 rings (SSSR count). The van der Waals surface area contributed by atoms with Gasteiger partial charge in [0.2, 0.25) is 0 Å². The van der Waals surface area contributed by atoms with Gasteiger partial charge in [0.1, 0.15) is 0 Å². The van der Waals surface area contributed by atoms with Crippen LogP contribution in [-0.2, 0) is 6.42 Å². The van der Waals surface area contributed by atoms with Crippen LogP contribution in [0.15, 0.2) is 11.2 Å². The fraction of sp³-hybridized carbons (Fsp3) is 0.556. The topological polar surface area (TPSA) is 41.0 Å². The van der Waals surface area contributed by atoms with Crippen LogP contribution in [0.25, 0.3) is 0 Å². The maximum atomic E-state index is 4.46. The van der Waals surface area contributed by atoms with E-state index in [2.05, 4.69) is 29.0 Å². The molecular formula is C9H13N3. The van der Waals surface area contributed by atoms with Gasteiger partial charge in [0.15, 0.2) is 0 Å². The summed E-state index contributed by atoms with van der Waals surface area (Å²) in [6, 6.07) is 0.429. The summed E-state index contributed by atoms with van der Waals surface area (Å²) in [4.78, 5) is 4.46. The molecule has 0 fully saturated rings. The van der Waals surface area contributed by atoms with Gasteiger partial charge >= 0.3 is 0 Å². The molecular weight excluding hydrogens is 150 g/mol. The average Bonchev–Trinajstić information content (AvgIpc) is 2.49. The van der Waals surface area contributed by atoms with E-state index in [0.29, 0.717) is 12.0 Å². The normalized spacial score (nSPS) is 21.4. The van der Waals surface area contributed by atoms with Crippen molar-refractivity contribution in [1.29, 1.82) is 0 Å². The lowest BCUT2D eigenvalue weighted by Crippen LogP contribution is -2.20. The average molecular weight is 163 g/mol. The van der Waals surface area contributed by atoms with Gasteiger partial charge in [0.25, 0.3) is 0 Å². The van der Waals surface area contributed by atoms with Gasteiger partial charge in [-0.25, -0.2) is 0 Å². The van der Waals surface area contributed by atoms with Crippen molar-refractivity contribution in [2.24, 2.45) is 10.9 Å². The number of H-pyrrole nitrogens is 1. The molecule has 0 saturated heterocycles. The molecule has 1 aliphatic heterocycles. The number of aromatic amines is 1. The molecule has 0 amide bonds. The van der Waals surface area contributed by atoms with Crippen molar-refractivity contribution in [2.75, 3.05) is 0 Å². The van der Waals surface area contributed by atoms with Crippen molar-refractivity contribution >= 4 is 6.21 Å². The highest BCUT2D eigenvalue weighted by Crippen LogP contribution is 2.18. The summed E-state index contributed by atoms with van der Waals surface area (Å²) in [7, 11) is 0. The zero-order valence-corrected chi connectivity index (χ0v) is 7.41. The van der Waals surface area contributed by atoms with Crippen molar-refractivity contribution in [1.82, 2.24) is 10.2 Å². The Balaban J connectivity index is 2.24. The van der Waals surface area contributed by atoms with Crippen molar-refractivity contribution in [3.63, 3.8) is 0 Å². The number of rotatable bonds is 1. The Hall–Kier alpha value is -1.12. The van der Waals surface area contributed by atoms with Crippen LogP contribution in [0.1, 0.15) is 25.1 Å². The standard InChI is InChI=1S/C9H13N3/c1-6(2)8-3-9-7(4-10-8)5-11-12-9/h4-6,8H,3H2,1-2H3,(H,11,12). The second-order valence-corrected chi connectivity index (χ2v) is 3.60. The van der Waals surface area contributed by atoms with Crippen molar-refractivity contribution < 1.29 is 0 Å². The van der Waals surface area contributed by atoms with E-state index in [0.717, 1.165) is 12.0 Å². The number of hydrogen-bond acceptors (Lipinski definition) is 2. The molecule has 0 radical (unpaired) electrons. The first kappa shape index (κ1) is 7.53. The Kier molecular flexibility index (Phi) is 1.71. The molecule has 2 heterocycles. The minimum Gasteiger partial charge on any atom is -0.288 e. The summed E-state index contributed by atoms with van der Waals surface area (Å²) in [5.41, 5.74) is 2.37. The van der Waals surface area contributed by atoms with Gasteiger partial charge < -0.3 is 0 Å². The van der Waals surface area contributed by atoms with Gasteiger partial charge in [-0.1, -0.05) is 13.8 Å². The van der Waals surface area contributed by atoms with Crippen molar-refractivity contribution in [3.05, 3.63) is 17.5 Å². The number of aromatic nitrogens is 2. The molecule has 0 aromatic carbocycles. The predicted molar refractivity (Wildman–Crippen MR) is 48.5 cm³/mol. The third kappa shape index (κ3) is 1.15. The molecule has 0 saturated carbocycles. The van der Waals surface area contributed by atoms with E-state index < -0.39 is 0 Å². The van der Waals surface area contributed by atoms with E-state index in [9.17, 15) is 0 Å². The van der Waals surface area contributed by atoms with Gasteiger partial charge in [-0.2, -0.15) is 5.10 Å². The van der Waals surface area contributed by atoms with E-state index in [1.807, 2.05) is 12.4 Å². The zero-order chi connectivity index (χ0) is 8.55. The fourth-order valence-electron chi connectivity index (χ4n) is 1.44. The molecule has 1 aromatic rings. The van der Waals surface area contributed by atoms with Gasteiger partial charge in [-0.3, -0.25) is 10.1 Å². The molecule has 3 nitrogen and oxygen atoms in total. The molecule has 0 spiro atoms. The van der Waals surface area contributed by atoms with E-state index >= 15 is 0 Å². The van der Waals surface area contributed by atoms with Gasteiger partial charge in [-0.05, 0) is 5.92 Å². The highest BCUT2D eigenvalue weighted by atomic mass is 15.1. The van der Waals surface area contributed by atoms with Gasteiger partial charge in [0.05, 0.1) is 12.2 Å². The van der Waals surface area contributed by atoms with E-state index in [-0.39, 0.29) is 0 Å². The molecule has 3 heteroatoms. The summed E-state index contributed by atoms with van der Waals surface area (Å²) in [5, 5.41) is 6.98. The number of fused-ring (bicyclic) bond motifs is 1. The largest absolute Gasteiger partial charge is 0.288 e. The first-order valence-corrected chi connectivity index (χ1v) is 4.33. The molecule has 12 heavy (non-hydrogen) atoms. The number of hydrogen-bond donors (Lipinski definition) is 1. The Morgan fingerprint density at radius 2 is 2.42 bits per heavy atom. The van der Waals surface area contributed by atoms with Crippen molar-refractivity contribution in [2.45, 2.75) is 26.3 Å². The highest BCUT2D eigenvalue weighted by molar-refractivity contribution is 5.81. The van der Waals surface area contributed by atoms with Crippen molar-refractivity contribution in [3.8, 4) is 0 Å². The second-order valence-electron chi connectivity index (χ2n) is 3.60. The lowest BCUT2D eigenvalue weighted by Gasteiger charge is -2.18. The summed E-state index contributed by atoms with van der Waals surface area (Å²) in [5.74, 6) is 0.609. The Morgan fingerprint density at radius 3 is 3.17 bits per heavy atom. The van der Waals surface area contributed by atoms with Crippen LogP contribution < -0.4 is 0 Å². The molecule has 0 aliphatic carbocycles.